The fourth-order valence-electron chi connectivity index (χ4n) is 4.03. The number of hydrogen-bond acceptors (Lipinski definition) is 4. The molecule has 146 valence electrons. The Balaban J connectivity index is 1.43. The summed E-state index contributed by atoms with van der Waals surface area (Å²) in [6.07, 6.45) is 0.238. The van der Waals surface area contributed by atoms with Crippen molar-refractivity contribution in [1.29, 1.82) is 0 Å². The highest BCUT2D eigenvalue weighted by molar-refractivity contribution is 6.36. The maximum absolute atomic E-state index is 13.0. The molecule has 6 nitrogen and oxygen atoms in total. The van der Waals surface area contributed by atoms with E-state index in [2.05, 4.69) is 4.90 Å². The van der Waals surface area contributed by atoms with E-state index >= 15 is 0 Å². The molecule has 0 bridgehead atoms. The van der Waals surface area contributed by atoms with Crippen molar-refractivity contribution in [3.05, 3.63) is 53.6 Å². The number of halogens is 1. The molecule has 2 saturated heterocycles. The number of imide groups is 1. The van der Waals surface area contributed by atoms with Gasteiger partial charge in [-0.05, 0) is 36.4 Å². The van der Waals surface area contributed by atoms with Crippen LogP contribution in [0.4, 0.5) is 11.4 Å². The summed E-state index contributed by atoms with van der Waals surface area (Å²) in [4.78, 5) is 30.3. The summed E-state index contributed by atoms with van der Waals surface area (Å²) in [5, 5.41) is 0.421. The van der Waals surface area contributed by atoms with Crippen molar-refractivity contribution in [3.63, 3.8) is 0 Å². The second-order valence-electron chi connectivity index (χ2n) is 7.12. The molecule has 0 saturated carbocycles. The van der Waals surface area contributed by atoms with Gasteiger partial charge in [0.25, 0.3) is 5.91 Å². The number of hydrogen-bond donors (Lipinski definition) is 1. The summed E-state index contributed by atoms with van der Waals surface area (Å²) >= 11 is 6.21. The third-order valence-corrected chi connectivity index (χ3v) is 5.90. The lowest BCUT2D eigenvalue weighted by Gasteiger charge is -2.35. The quantitative estimate of drug-likeness (QED) is 0.788. The Bertz CT molecular complexity index is 879. The lowest BCUT2D eigenvalue weighted by molar-refractivity contribution is -0.915. The van der Waals surface area contributed by atoms with Crippen molar-refractivity contribution in [3.8, 4) is 5.75 Å². The summed E-state index contributed by atoms with van der Waals surface area (Å²) in [5.74, 6) is 0.516. The normalized spacial score (nSPS) is 20.7. The van der Waals surface area contributed by atoms with E-state index in [9.17, 15) is 9.59 Å². The molecule has 2 heterocycles. The number of nitrogens with zero attached hydrogens (tertiary/aromatic N) is 2. The number of carbonyl (C=O) groups excluding carboxylic acids is 2. The van der Waals surface area contributed by atoms with Crippen molar-refractivity contribution >= 4 is 34.8 Å². The molecule has 2 aliphatic rings. The van der Waals surface area contributed by atoms with Crippen LogP contribution < -0.4 is 19.4 Å². The van der Waals surface area contributed by atoms with Crippen LogP contribution in [0.15, 0.2) is 48.5 Å². The van der Waals surface area contributed by atoms with Crippen molar-refractivity contribution in [2.75, 3.05) is 43.1 Å². The number of rotatable bonds is 4. The van der Waals surface area contributed by atoms with Crippen LogP contribution in [-0.2, 0) is 9.59 Å². The number of anilines is 2. The maximum atomic E-state index is 13.0. The number of methoxy groups -OCH3 is 1. The molecule has 1 atom stereocenters. The largest absolute Gasteiger partial charge is 0.497 e. The van der Waals surface area contributed by atoms with Crippen molar-refractivity contribution < 1.29 is 19.2 Å². The molecule has 4 rings (SSSR count). The van der Waals surface area contributed by atoms with E-state index in [1.54, 1.807) is 31.4 Å². The van der Waals surface area contributed by atoms with Gasteiger partial charge < -0.3 is 14.5 Å². The average Bonchev–Trinajstić information content (AvgIpc) is 3.03. The first-order valence-corrected chi connectivity index (χ1v) is 9.81. The van der Waals surface area contributed by atoms with Crippen LogP contribution in [0, 0.1) is 0 Å². The molecule has 0 unspecified atom stereocenters. The number of benzene rings is 2. The fourth-order valence-corrected chi connectivity index (χ4v) is 4.25. The Morgan fingerprint density at radius 2 is 1.71 bits per heavy atom. The topological polar surface area (TPSA) is 54.3 Å². The third-order valence-electron chi connectivity index (χ3n) is 5.58. The minimum Gasteiger partial charge on any atom is -0.497 e. The minimum atomic E-state index is -0.332. The highest BCUT2D eigenvalue weighted by atomic mass is 35.5. The molecule has 2 aromatic carbocycles. The van der Waals surface area contributed by atoms with Gasteiger partial charge in [0.15, 0.2) is 6.04 Å². The monoisotopic (exact) mass is 400 g/mol. The van der Waals surface area contributed by atoms with Crippen molar-refractivity contribution in [2.24, 2.45) is 0 Å². The van der Waals surface area contributed by atoms with E-state index in [-0.39, 0.29) is 24.3 Å². The smallest absolute Gasteiger partial charge is 0.292 e. The molecule has 2 amide bonds. The van der Waals surface area contributed by atoms with Gasteiger partial charge in [0, 0.05) is 5.69 Å². The van der Waals surface area contributed by atoms with Gasteiger partial charge in [-0.15, -0.1) is 0 Å². The highest BCUT2D eigenvalue weighted by Crippen LogP contribution is 2.29. The van der Waals surface area contributed by atoms with Gasteiger partial charge in [-0.3, -0.25) is 9.59 Å². The van der Waals surface area contributed by atoms with Crippen LogP contribution in [0.25, 0.3) is 0 Å². The zero-order chi connectivity index (χ0) is 19.7. The molecule has 2 fully saturated rings. The molecular weight excluding hydrogens is 378 g/mol. The third kappa shape index (κ3) is 3.45. The number of piperazine rings is 1. The van der Waals surface area contributed by atoms with E-state index in [1.165, 1.54) is 4.90 Å². The second-order valence-corrected chi connectivity index (χ2v) is 7.53. The molecule has 7 heteroatoms. The summed E-state index contributed by atoms with van der Waals surface area (Å²) in [5.41, 5.74) is 1.63. The second kappa shape index (κ2) is 7.81. The van der Waals surface area contributed by atoms with Crippen LogP contribution in [0.5, 0.6) is 5.75 Å². The van der Waals surface area contributed by atoms with Crippen molar-refractivity contribution in [1.82, 2.24) is 0 Å². The number of ether oxygens (including phenoxy) is 1. The van der Waals surface area contributed by atoms with Crippen LogP contribution in [0.2, 0.25) is 5.02 Å². The van der Waals surface area contributed by atoms with Crippen LogP contribution in [0.3, 0.4) is 0 Å². The van der Waals surface area contributed by atoms with Crippen LogP contribution >= 0.6 is 11.6 Å². The zero-order valence-electron chi connectivity index (χ0n) is 15.7. The molecule has 0 radical (unpaired) electrons. The Hall–Kier alpha value is -2.57. The summed E-state index contributed by atoms with van der Waals surface area (Å²) in [7, 11) is 1.66. The molecule has 0 aliphatic carbocycles. The van der Waals surface area contributed by atoms with Gasteiger partial charge in [-0.1, -0.05) is 23.7 Å². The fraction of sp³-hybridized carbons (Fsp3) is 0.333. The van der Waals surface area contributed by atoms with Gasteiger partial charge in [0.1, 0.15) is 5.75 Å². The van der Waals surface area contributed by atoms with E-state index in [0.717, 1.165) is 42.5 Å². The number of nitrogens with one attached hydrogen (secondary N) is 1. The molecule has 2 aliphatic heterocycles. The predicted molar refractivity (Wildman–Crippen MR) is 108 cm³/mol. The maximum Gasteiger partial charge on any atom is 0.292 e. The van der Waals surface area contributed by atoms with Gasteiger partial charge in [0.05, 0.1) is 50.4 Å². The number of para-hydroxylation sites is 1. The van der Waals surface area contributed by atoms with Crippen molar-refractivity contribution in [2.45, 2.75) is 12.5 Å². The number of carbonyl (C=O) groups is 2. The Morgan fingerprint density at radius 3 is 2.36 bits per heavy atom. The first-order chi connectivity index (χ1) is 13.6. The molecule has 28 heavy (non-hydrogen) atoms. The lowest BCUT2D eigenvalue weighted by Crippen LogP contribution is -3.19. The van der Waals surface area contributed by atoms with Gasteiger partial charge in [0.2, 0.25) is 5.91 Å². The summed E-state index contributed by atoms with van der Waals surface area (Å²) in [6.45, 7) is 3.30. The van der Waals surface area contributed by atoms with E-state index < -0.39 is 0 Å². The van der Waals surface area contributed by atoms with Gasteiger partial charge >= 0.3 is 0 Å². The minimum absolute atomic E-state index is 0.147. The molecule has 1 N–H and O–H groups in total. The van der Waals surface area contributed by atoms with E-state index in [0.29, 0.717) is 10.7 Å². The Kier molecular flexibility index (Phi) is 5.24. The van der Waals surface area contributed by atoms with E-state index in [1.807, 2.05) is 24.3 Å². The summed E-state index contributed by atoms with van der Waals surface area (Å²) < 4.78 is 5.21. The number of quaternary nitrogens is 1. The van der Waals surface area contributed by atoms with Crippen LogP contribution in [-0.4, -0.2) is 51.1 Å². The lowest BCUT2D eigenvalue weighted by atomic mass is 10.1. The molecular formula is C21H23ClN3O3+. The standard InChI is InChI=1S/C21H22ClN3O3/c1-28-16-8-6-15(7-9-16)23-10-12-24(13-11-23)19-14-20(26)25(21(19)27)18-5-3-2-4-17(18)22/h2-9,19H,10-14H2,1H3/p+1/t19-/m0/s1. The summed E-state index contributed by atoms with van der Waals surface area (Å²) in [6, 6.07) is 14.7. The Labute approximate surface area is 169 Å². The molecule has 0 spiro atoms. The zero-order valence-corrected chi connectivity index (χ0v) is 16.5. The first kappa shape index (κ1) is 18.8. The van der Waals surface area contributed by atoms with Gasteiger partial charge in [-0.25, -0.2) is 4.90 Å². The first-order valence-electron chi connectivity index (χ1n) is 9.43. The average molecular weight is 401 g/mol. The SMILES string of the molecule is COc1ccc(N2CC[NH+]([C@H]3CC(=O)N(c4ccccc4Cl)C3=O)CC2)cc1. The Morgan fingerprint density at radius 1 is 1.04 bits per heavy atom. The predicted octanol–water partition coefficient (Wildman–Crippen LogP) is 1.39. The van der Waals surface area contributed by atoms with E-state index in [4.69, 9.17) is 16.3 Å². The highest BCUT2D eigenvalue weighted by Gasteiger charge is 2.46. The molecule has 2 aromatic rings. The van der Waals surface area contributed by atoms with Crippen LogP contribution in [0.1, 0.15) is 6.42 Å². The number of amides is 2. The molecule has 0 aromatic heterocycles. The van der Waals surface area contributed by atoms with Gasteiger partial charge in [-0.2, -0.15) is 0 Å².